The van der Waals surface area contributed by atoms with Crippen molar-refractivity contribution >= 4 is 22.7 Å². The fourth-order valence-corrected chi connectivity index (χ4v) is 6.56. The Morgan fingerprint density at radius 3 is 2.13 bits per heavy atom. The summed E-state index contributed by atoms with van der Waals surface area (Å²) in [5, 5.41) is 110. The number of aliphatic hydroxyl groups is 4. The number of aliphatic hydroxyl groups excluding tert-OH is 4. The van der Waals surface area contributed by atoms with Gasteiger partial charge in [0.1, 0.15) is 69.3 Å². The molecular weight excluding hydrogens is 808 g/mol. The average Bonchev–Trinajstić information content (AvgIpc) is 3.20. The van der Waals surface area contributed by atoms with Gasteiger partial charge in [-0.15, -0.1) is 0 Å². The first-order valence-electron chi connectivity index (χ1n) is 18.2. The number of hydrogen-bond acceptors (Lipinski definition) is 18. The number of phenols is 6. The Labute approximate surface area is 344 Å². The van der Waals surface area contributed by atoms with Crippen molar-refractivity contribution in [2.45, 2.75) is 63.2 Å². The molecule has 1 aromatic heterocycles. The van der Waals surface area contributed by atoms with E-state index in [-0.39, 0.29) is 69.0 Å². The number of Topliss-reactive ketones (excluding diaryl/α,β-unsaturated/α-hetero) is 1. The van der Waals surface area contributed by atoms with Crippen molar-refractivity contribution in [3.05, 3.63) is 99.2 Å². The number of ketones is 1. The van der Waals surface area contributed by atoms with Crippen LogP contribution in [0.4, 0.5) is 0 Å². The molecule has 2 unspecified atom stereocenters. The number of hydrogen-bond donors (Lipinski definition) is 11. The van der Waals surface area contributed by atoms with Gasteiger partial charge in [0.05, 0.1) is 7.11 Å². The molecule has 3 heterocycles. The molecule has 0 spiro atoms. The van der Waals surface area contributed by atoms with E-state index in [4.69, 9.17) is 23.4 Å². The zero-order valence-corrected chi connectivity index (χ0v) is 32.3. The number of carboxylic acids is 1. The van der Waals surface area contributed by atoms with Crippen LogP contribution in [-0.2, 0) is 16.0 Å². The zero-order valence-electron chi connectivity index (χ0n) is 32.3. The van der Waals surface area contributed by atoms with Gasteiger partial charge in [0.25, 0.3) is 0 Å². The molecule has 2 aliphatic rings. The van der Waals surface area contributed by atoms with Crippen LogP contribution in [-0.4, -0.2) is 112 Å². The number of fused-ring (bicyclic) bond motifs is 2. The molecule has 11 N–H and O–H groups in total. The minimum atomic E-state index is -2.01. The van der Waals surface area contributed by atoms with E-state index >= 15 is 0 Å². The average molecular weight is 849 g/mol. The van der Waals surface area contributed by atoms with Crippen LogP contribution in [0.15, 0.2) is 81.5 Å². The van der Waals surface area contributed by atoms with Crippen LogP contribution in [0.1, 0.15) is 41.4 Å². The Hall–Kier alpha value is -7.03. The Kier molecular flexibility index (Phi) is 12.3. The van der Waals surface area contributed by atoms with Crippen LogP contribution in [0.5, 0.6) is 51.7 Å². The summed E-state index contributed by atoms with van der Waals surface area (Å²) in [5.74, 6) is -5.24. The molecule has 5 aromatic rings. The lowest BCUT2D eigenvalue weighted by Gasteiger charge is -2.38. The molecule has 1 fully saturated rings. The molecule has 0 radical (unpaired) electrons. The predicted octanol–water partition coefficient (Wildman–Crippen LogP) is 2.85. The largest absolute Gasteiger partial charge is 0.508 e. The minimum absolute atomic E-state index is 0.00863. The molecule has 7 rings (SSSR count). The molecule has 0 saturated carbocycles. The Balaban J connectivity index is 0.000000213. The summed E-state index contributed by atoms with van der Waals surface area (Å²) in [6, 6.07) is 12.9. The van der Waals surface area contributed by atoms with Gasteiger partial charge in [0.15, 0.2) is 35.6 Å². The van der Waals surface area contributed by atoms with E-state index in [1.807, 2.05) is 19.9 Å². The molecule has 7 atom stereocenters. The second-order valence-corrected chi connectivity index (χ2v) is 14.2. The van der Waals surface area contributed by atoms with Crippen molar-refractivity contribution in [3.8, 4) is 63.1 Å². The zero-order chi connectivity index (χ0) is 44.6. The van der Waals surface area contributed by atoms with Crippen molar-refractivity contribution in [2.75, 3.05) is 7.11 Å². The summed E-state index contributed by atoms with van der Waals surface area (Å²) in [5.41, 5.74) is 0.384. The highest BCUT2D eigenvalue weighted by Gasteiger charge is 2.49. The smallest absolute Gasteiger partial charge is 0.335 e. The third-order valence-corrected chi connectivity index (χ3v) is 9.74. The summed E-state index contributed by atoms with van der Waals surface area (Å²) in [6.07, 6.45) is -10.4. The molecule has 19 nitrogen and oxygen atoms in total. The number of aliphatic carboxylic acids is 1. The highest BCUT2D eigenvalue weighted by molar-refractivity contribution is 6.06. The number of ether oxygens (including phenoxy) is 4. The molecule has 61 heavy (non-hydrogen) atoms. The Morgan fingerprint density at radius 2 is 1.49 bits per heavy atom. The monoisotopic (exact) mass is 848 g/mol. The maximum absolute atomic E-state index is 13.3. The van der Waals surface area contributed by atoms with Crippen LogP contribution in [0.2, 0.25) is 0 Å². The lowest BCUT2D eigenvalue weighted by molar-refractivity contribution is -0.271. The maximum Gasteiger partial charge on any atom is 0.335 e. The van der Waals surface area contributed by atoms with Crippen molar-refractivity contribution in [1.29, 1.82) is 0 Å². The van der Waals surface area contributed by atoms with Crippen molar-refractivity contribution in [2.24, 2.45) is 0 Å². The van der Waals surface area contributed by atoms with E-state index in [2.05, 4.69) is 0 Å². The number of carboxylic acid groups (broad SMARTS) is 1. The molecule has 322 valence electrons. The fraction of sp³-hybridized carbons (Fsp3) is 0.262. The highest BCUT2D eigenvalue weighted by atomic mass is 16.7. The summed E-state index contributed by atoms with van der Waals surface area (Å²) in [6.45, 7) is 3.76. The van der Waals surface area contributed by atoms with Crippen LogP contribution in [0, 0.1) is 0 Å². The maximum atomic E-state index is 13.3. The number of rotatable bonds is 8. The van der Waals surface area contributed by atoms with Crippen LogP contribution in [0.25, 0.3) is 22.3 Å². The normalized spacial score (nSPS) is 22.0. The van der Waals surface area contributed by atoms with E-state index < -0.39 is 82.7 Å². The second-order valence-electron chi connectivity index (χ2n) is 14.2. The highest BCUT2D eigenvalue weighted by Crippen LogP contribution is 2.45. The number of carbonyl (C=O) groups is 2. The lowest BCUT2D eigenvalue weighted by Crippen LogP contribution is -2.61. The summed E-state index contributed by atoms with van der Waals surface area (Å²) < 4.78 is 27.0. The first-order valence-corrected chi connectivity index (χ1v) is 18.2. The van der Waals surface area contributed by atoms with Gasteiger partial charge >= 0.3 is 5.97 Å². The van der Waals surface area contributed by atoms with Gasteiger partial charge < -0.3 is 79.5 Å². The SMILES string of the molecule is CC(C)=CCc1c(O)cc2c(c1O)C(=O)C(O)[C@@H](c1ccc(O)cc1)O2.COc1cc(-c2oc3cc(O)cc(O)c3c(=O)c2O[C@@H]2O[C@H](C(=O)O)[C@@H](O)[C@H](O)C2O)ccc1O. The van der Waals surface area contributed by atoms with Gasteiger partial charge in [0.2, 0.25) is 23.3 Å². The first kappa shape index (κ1) is 43.5. The Morgan fingerprint density at radius 1 is 0.803 bits per heavy atom. The lowest BCUT2D eigenvalue weighted by atomic mass is 9.90. The van der Waals surface area contributed by atoms with Gasteiger partial charge in [-0.05, 0) is 56.2 Å². The van der Waals surface area contributed by atoms with Crippen molar-refractivity contribution in [1.82, 2.24) is 0 Å². The van der Waals surface area contributed by atoms with Crippen LogP contribution >= 0.6 is 0 Å². The van der Waals surface area contributed by atoms with Gasteiger partial charge in [-0.2, -0.15) is 0 Å². The minimum Gasteiger partial charge on any atom is -0.508 e. The fourth-order valence-electron chi connectivity index (χ4n) is 6.56. The second kappa shape index (κ2) is 17.3. The van der Waals surface area contributed by atoms with E-state index in [1.54, 1.807) is 0 Å². The Bertz CT molecular complexity index is 2580. The van der Waals surface area contributed by atoms with Crippen LogP contribution < -0.4 is 19.6 Å². The van der Waals surface area contributed by atoms with Crippen molar-refractivity contribution < 1.29 is 89.1 Å². The van der Waals surface area contributed by atoms with Gasteiger partial charge in [-0.1, -0.05) is 23.8 Å². The van der Waals surface area contributed by atoms with E-state index in [0.29, 0.717) is 5.56 Å². The number of benzene rings is 4. The van der Waals surface area contributed by atoms with Gasteiger partial charge in [-0.3, -0.25) is 9.59 Å². The molecule has 2 aliphatic heterocycles. The van der Waals surface area contributed by atoms with E-state index in [1.165, 1.54) is 55.6 Å². The van der Waals surface area contributed by atoms with E-state index in [0.717, 1.165) is 17.7 Å². The van der Waals surface area contributed by atoms with Gasteiger partial charge in [-0.25, -0.2) is 4.79 Å². The van der Waals surface area contributed by atoms with Crippen LogP contribution in [0.3, 0.4) is 0 Å². The molecule has 0 amide bonds. The van der Waals surface area contributed by atoms with Gasteiger partial charge in [0, 0.05) is 29.3 Å². The first-order chi connectivity index (χ1) is 28.8. The molecule has 4 aromatic carbocycles. The van der Waals surface area contributed by atoms with E-state index in [9.17, 15) is 70.6 Å². The topological polar surface area (TPSA) is 324 Å². The number of phenolic OH excluding ortho intramolecular Hbond substituents is 6. The molecular formula is C42H40O19. The number of allylic oxidation sites excluding steroid dienone is 2. The summed E-state index contributed by atoms with van der Waals surface area (Å²) >= 11 is 0. The summed E-state index contributed by atoms with van der Waals surface area (Å²) in [4.78, 5) is 37.4. The molecule has 0 aliphatic carbocycles. The number of methoxy groups -OCH3 is 1. The number of carbonyl (C=O) groups excluding carboxylic acids is 1. The molecule has 1 saturated heterocycles. The summed E-state index contributed by atoms with van der Waals surface area (Å²) in [7, 11) is 1.27. The third-order valence-electron chi connectivity index (χ3n) is 9.74. The quantitative estimate of drug-likeness (QED) is 0.100. The predicted molar refractivity (Wildman–Crippen MR) is 209 cm³/mol. The molecule has 0 bridgehead atoms. The number of aromatic hydroxyl groups is 6. The van der Waals surface area contributed by atoms with Crippen molar-refractivity contribution in [3.63, 3.8) is 0 Å². The third kappa shape index (κ3) is 8.54. The standard InChI is InChI=1S/C22H20O13.C20H20O6/c1-32-11-4-7(2-3-9(11)24)18-19(14(26)13-10(25)5-8(23)6-12(13)33-18)34-22-17(29)15(27)16(28)20(35-22)21(30)31;1-10(2)3-8-13-14(22)9-15-16(17(13)23)18(24)19(25)20(26-15)11-4-6-12(21)7-5-11/h2-6,15-17,20,22-25,27-29H,1H3,(H,30,31);3-7,9,19-23,25H,8H2,1-2H3/t15-,16-,17?,20-,22+;19?,20-/m01/s1. The molecule has 19 heteroatoms.